The van der Waals surface area contributed by atoms with E-state index in [1.54, 1.807) is 6.26 Å². The molecule has 146 valence electrons. The average molecular weight is 384 g/mol. The van der Waals surface area contributed by atoms with Gasteiger partial charge < -0.3 is 4.74 Å². The Balaban J connectivity index is 5.44. The highest BCUT2D eigenvalue weighted by atomic mass is 32.2. The molecule has 0 rings (SSSR count). The third kappa shape index (κ3) is 9.39. The predicted octanol–water partition coefficient (Wildman–Crippen LogP) is 2.60. The summed E-state index contributed by atoms with van der Waals surface area (Å²) in [5.41, 5.74) is -0.417. The normalized spacial score (nSPS) is 19.1. The van der Waals surface area contributed by atoms with Crippen LogP contribution in [0.4, 0.5) is 0 Å². The van der Waals surface area contributed by atoms with Crippen molar-refractivity contribution < 1.29 is 17.4 Å². The van der Waals surface area contributed by atoms with Crippen LogP contribution in [0.25, 0.3) is 0 Å². The van der Waals surface area contributed by atoms with Crippen molar-refractivity contribution in [2.75, 3.05) is 24.8 Å². The van der Waals surface area contributed by atoms with Gasteiger partial charge in [-0.15, -0.1) is 0 Å². The Labute approximate surface area is 150 Å². The fraction of sp³-hybridized carbons (Fsp3) is 0.941. The van der Waals surface area contributed by atoms with Gasteiger partial charge in [0, 0.05) is 34.3 Å². The lowest BCUT2D eigenvalue weighted by Gasteiger charge is -2.40. The summed E-state index contributed by atoms with van der Waals surface area (Å²) in [5.74, 6) is 3.86. The van der Waals surface area contributed by atoms with Gasteiger partial charge in [0.25, 0.3) is 0 Å². The first-order valence-electron chi connectivity index (χ1n) is 8.27. The molecule has 3 atom stereocenters. The van der Waals surface area contributed by atoms with Crippen molar-refractivity contribution in [2.24, 2.45) is 5.41 Å². The molecule has 0 aromatic heterocycles. The van der Waals surface area contributed by atoms with E-state index in [1.807, 2.05) is 32.0 Å². The molecule has 0 aromatic carbocycles. The van der Waals surface area contributed by atoms with Gasteiger partial charge in [0.15, 0.2) is 0 Å². The summed E-state index contributed by atoms with van der Waals surface area (Å²) in [6.45, 7) is 14.5. The van der Waals surface area contributed by atoms with Gasteiger partial charge in [-0.1, -0.05) is 20.8 Å². The van der Waals surface area contributed by atoms with Gasteiger partial charge in [0.1, 0.15) is 9.84 Å². The lowest BCUT2D eigenvalue weighted by Crippen LogP contribution is -2.50. The zero-order valence-corrected chi connectivity index (χ0v) is 18.5. The largest absolute Gasteiger partial charge is 0.373 e. The molecule has 0 saturated heterocycles. The number of hydrogen-bond donors (Lipinski definition) is 0. The first-order valence-corrected chi connectivity index (χ1v) is 12.4. The van der Waals surface area contributed by atoms with E-state index in [2.05, 4.69) is 26.6 Å². The monoisotopic (exact) mass is 383 g/mol. The molecule has 0 aliphatic heterocycles. The maximum Gasteiger partial charge on any atom is 0.147 e. The molecule has 0 N–H and O–H groups in total. The second kappa shape index (κ2) is 8.06. The van der Waals surface area contributed by atoms with E-state index in [0.717, 1.165) is 0 Å². The predicted molar refractivity (Wildman–Crippen MR) is 106 cm³/mol. The van der Waals surface area contributed by atoms with Crippen LogP contribution in [-0.2, 0) is 24.3 Å². The number of hydrogen-bond acceptors (Lipinski definition) is 4. The lowest BCUT2D eigenvalue weighted by molar-refractivity contribution is -0.0653. The number of ether oxygens (including phenoxy) is 1. The molecule has 0 bridgehead atoms. The van der Waals surface area contributed by atoms with Crippen LogP contribution in [0.15, 0.2) is 0 Å². The summed E-state index contributed by atoms with van der Waals surface area (Å²) in [4.78, 5) is 0. The van der Waals surface area contributed by atoms with Crippen LogP contribution in [0.3, 0.4) is 0 Å². The van der Waals surface area contributed by atoms with E-state index in [4.69, 9.17) is 4.74 Å². The third-order valence-electron chi connectivity index (χ3n) is 4.01. The molecular weight excluding hydrogens is 346 g/mol. The number of sulfone groups is 1. The van der Waals surface area contributed by atoms with E-state index in [-0.39, 0.29) is 28.9 Å². The molecule has 3 unspecified atom stereocenters. The quantitative estimate of drug-likeness (QED) is 0.604. The molecule has 0 spiro atoms. The van der Waals surface area contributed by atoms with Crippen molar-refractivity contribution in [3.8, 4) is 0 Å². The van der Waals surface area contributed by atoms with Gasteiger partial charge in [-0.3, -0.25) is 4.21 Å². The topological polar surface area (TPSA) is 63.7 Å². The standard InChI is InChI=1S/C17H37NO4S2/c1-14(16(2,3)4)22-15(11-12-24(10,20)21)13-18(17(5,6)7)23(8,9)19/h14-15H,8,11-13H2,1-7,9-10H3. The van der Waals surface area contributed by atoms with Crippen LogP contribution in [0.1, 0.15) is 54.9 Å². The first-order chi connectivity index (χ1) is 10.3. The maximum atomic E-state index is 12.6. The van der Waals surface area contributed by atoms with Gasteiger partial charge in [-0.25, -0.2) is 12.7 Å². The fourth-order valence-electron chi connectivity index (χ4n) is 2.24. The van der Waals surface area contributed by atoms with Crippen LogP contribution < -0.4 is 0 Å². The lowest BCUT2D eigenvalue weighted by atomic mass is 9.90. The molecule has 24 heavy (non-hydrogen) atoms. The molecular formula is C17H37NO4S2. The number of nitrogens with zero attached hydrogens (tertiary/aromatic N) is 1. The van der Waals surface area contributed by atoms with E-state index >= 15 is 0 Å². The first kappa shape index (κ1) is 23.9. The molecule has 5 nitrogen and oxygen atoms in total. The molecule has 0 aromatic rings. The fourth-order valence-corrected chi connectivity index (χ4v) is 4.57. The molecule has 0 saturated carbocycles. The summed E-state index contributed by atoms with van der Waals surface area (Å²) in [6, 6.07) is 0. The summed E-state index contributed by atoms with van der Waals surface area (Å²) in [5, 5.41) is 0. The zero-order valence-electron chi connectivity index (χ0n) is 16.9. The molecule has 7 heteroatoms. The molecule has 0 amide bonds. The average Bonchev–Trinajstić information content (AvgIpc) is 2.26. The number of rotatable bonds is 8. The minimum atomic E-state index is -3.08. The van der Waals surface area contributed by atoms with Crippen LogP contribution in [0, 0.1) is 5.41 Å². The Morgan fingerprint density at radius 1 is 1.04 bits per heavy atom. The van der Waals surface area contributed by atoms with Crippen LogP contribution >= 0.6 is 0 Å². The van der Waals surface area contributed by atoms with Crippen molar-refractivity contribution in [3.63, 3.8) is 0 Å². The Morgan fingerprint density at radius 3 is 1.79 bits per heavy atom. The minimum absolute atomic E-state index is 0.0502. The van der Waals surface area contributed by atoms with Crippen LogP contribution in [0.2, 0.25) is 0 Å². The van der Waals surface area contributed by atoms with E-state index < -0.39 is 19.5 Å². The van der Waals surface area contributed by atoms with Gasteiger partial charge >= 0.3 is 0 Å². The van der Waals surface area contributed by atoms with E-state index in [0.29, 0.717) is 13.0 Å². The van der Waals surface area contributed by atoms with Crippen molar-refractivity contribution in [2.45, 2.75) is 72.6 Å². The van der Waals surface area contributed by atoms with E-state index in [9.17, 15) is 12.6 Å². The summed E-state index contributed by atoms with van der Waals surface area (Å²) >= 11 is 0. The second-order valence-electron chi connectivity index (χ2n) is 8.88. The van der Waals surface area contributed by atoms with Crippen LogP contribution in [-0.4, -0.2) is 65.4 Å². The van der Waals surface area contributed by atoms with Gasteiger partial charge in [0.05, 0.1) is 18.0 Å². The summed E-state index contributed by atoms with van der Waals surface area (Å²) in [6.07, 6.45) is 2.83. The third-order valence-corrected chi connectivity index (χ3v) is 6.62. The van der Waals surface area contributed by atoms with Gasteiger partial charge in [-0.2, -0.15) is 0 Å². The highest BCUT2D eigenvalue weighted by molar-refractivity contribution is 7.97. The van der Waals surface area contributed by atoms with Crippen molar-refractivity contribution >= 4 is 25.4 Å². The zero-order chi connectivity index (χ0) is 19.6. The minimum Gasteiger partial charge on any atom is -0.373 e. The maximum absolute atomic E-state index is 12.6. The molecule has 0 aliphatic rings. The van der Waals surface area contributed by atoms with Crippen molar-refractivity contribution in [3.05, 3.63) is 0 Å². The van der Waals surface area contributed by atoms with E-state index in [1.165, 1.54) is 6.26 Å². The second-order valence-corrected chi connectivity index (χ2v) is 13.5. The smallest absolute Gasteiger partial charge is 0.147 e. The molecule has 0 aliphatic carbocycles. The molecule has 0 heterocycles. The Morgan fingerprint density at radius 2 is 1.50 bits per heavy atom. The summed E-state index contributed by atoms with van der Waals surface area (Å²) < 4.78 is 43.7. The van der Waals surface area contributed by atoms with Gasteiger partial charge in [0.2, 0.25) is 0 Å². The van der Waals surface area contributed by atoms with Crippen molar-refractivity contribution in [1.82, 2.24) is 4.31 Å². The Bertz CT molecular complexity index is 595. The van der Waals surface area contributed by atoms with Crippen molar-refractivity contribution in [1.29, 1.82) is 0 Å². The highest BCUT2D eigenvalue weighted by Crippen LogP contribution is 2.26. The summed E-state index contributed by atoms with van der Waals surface area (Å²) in [7, 11) is -5.52. The van der Waals surface area contributed by atoms with Gasteiger partial charge in [-0.05, 0) is 45.4 Å². The Hall–Kier alpha value is -0.110. The highest BCUT2D eigenvalue weighted by Gasteiger charge is 2.32. The van der Waals surface area contributed by atoms with Crippen LogP contribution in [0.5, 0.6) is 0 Å². The molecule has 0 radical (unpaired) electrons. The SMILES string of the molecule is C=S(C)(=O)N(CC(CCS(C)(=O)=O)OC(C)C(C)(C)C)C(C)(C)C. The Kier molecular flexibility index (Phi) is 8.02. The molecule has 0 fully saturated rings.